The lowest BCUT2D eigenvalue weighted by Crippen LogP contribution is -2.32. The molecule has 3 aromatic rings. The third-order valence-corrected chi connectivity index (χ3v) is 3.99. The van der Waals surface area contributed by atoms with E-state index < -0.39 is 0 Å². The van der Waals surface area contributed by atoms with Gasteiger partial charge in [-0.1, -0.05) is 23.8 Å². The van der Waals surface area contributed by atoms with Gasteiger partial charge in [-0.25, -0.2) is 0 Å². The van der Waals surface area contributed by atoms with E-state index >= 15 is 0 Å². The van der Waals surface area contributed by atoms with Crippen molar-refractivity contribution in [2.24, 2.45) is 0 Å². The van der Waals surface area contributed by atoms with Gasteiger partial charge in [-0.3, -0.25) is 14.6 Å². The number of carbonyl (C=O) groups excluding carboxylic acids is 1. The van der Waals surface area contributed by atoms with Crippen LogP contribution in [0.25, 0.3) is 10.8 Å². The molecule has 0 aliphatic rings. The molecule has 0 fully saturated rings. The Labute approximate surface area is 140 Å². The lowest BCUT2D eigenvalue weighted by atomic mass is 10.1. The fourth-order valence-electron chi connectivity index (χ4n) is 2.74. The van der Waals surface area contributed by atoms with Crippen LogP contribution in [0.3, 0.4) is 0 Å². The van der Waals surface area contributed by atoms with Crippen LogP contribution < -0.4 is 10.9 Å². The summed E-state index contributed by atoms with van der Waals surface area (Å²) in [5.74, 6) is -0.264. The minimum absolute atomic E-state index is 0.134. The van der Waals surface area contributed by atoms with E-state index in [4.69, 9.17) is 0 Å². The molecule has 1 N–H and O–H groups in total. The zero-order valence-electron chi connectivity index (χ0n) is 13.7. The molecule has 2 aromatic heterocycles. The zero-order valence-corrected chi connectivity index (χ0v) is 13.7. The Balaban J connectivity index is 1.97. The van der Waals surface area contributed by atoms with E-state index in [0.717, 1.165) is 16.5 Å². The normalized spacial score (nSPS) is 10.8. The first-order chi connectivity index (χ1) is 11.6. The molecule has 2 heterocycles. The van der Waals surface area contributed by atoms with Gasteiger partial charge >= 0.3 is 0 Å². The second kappa shape index (κ2) is 6.66. The van der Waals surface area contributed by atoms with Crippen LogP contribution in [-0.2, 0) is 13.1 Å². The maximum absolute atomic E-state index is 12.7. The summed E-state index contributed by atoms with van der Waals surface area (Å²) >= 11 is 0. The number of aryl methyl sites for hydroxylation is 1. The van der Waals surface area contributed by atoms with E-state index in [2.05, 4.69) is 10.3 Å². The monoisotopic (exact) mass is 321 g/mol. The molecule has 0 radical (unpaired) electrons. The highest BCUT2D eigenvalue weighted by atomic mass is 16.2. The first-order valence-corrected chi connectivity index (χ1v) is 7.91. The minimum Gasteiger partial charge on any atom is -0.347 e. The smallest absolute Gasteiger partial charge is 0.268 e. The van der Waals surface area contributed by atoms with Gasteiger partial charge in [0.05, 0.1) is 0 Å². The van der Waals surface area contributed by atoms with Crippen molar-refractivity contribution in [1.82, 2.24) is 14.9 Å². The Kier molecular flexibility index (Phi) is 4.42. The Morgan fingerprint density at radius 2 is 2.08 bits per heavy atom. The fraction of sp³-hybridized carbons (Fsp3) is 0.211. The first-order valence-electron chi connectivity index (χ1n) is 7.91. The molecule has 3 rings (SSSR count). The number of rotatable bonds is 4. The standard InChI is InChI=1S/C19H19N3O2/c1-3-22-17(18(23)21-12-14-5-4-8-20-11-14)10-15-7-6-13(2)9-16(15)19(22)24/h4-11H,3,12H2,1-2H3,(H,21,23). The average molecular weight is 321 g/mol. The molecule has 0 saturated heterocycles. The number of pyridine rings is 2. The van der Waals surface area contributed by atoms with Crippen molar-refractivity contribution in [3.63, 3.8) is 0 Å². The summed E-state index contributed by atoms with van der Waals surface area (Å²) in [6, 6.07) is 11.2. The summed E-state index contributed by atoms with van der Waals surface area (Å²) in [6.45, 7) is 4.62. The van der Waals surface area contributed by atoms with Crippen molar-refractivity contribution in [3.05, 3.63) is 76.0 Å². The molecule has 0 spiro atoms. The molecular weight excluding hydrogens is 302 g/mol. The van der Waals surface area contributed by atoms with Gasteiger partial charge in [0.1, 0.15) is 5.69 Å². The summed E-state index contributed by atoms with van der Waals surface area (Å²) in [6.07, 6.45) is 3.39. The Hall–Kier alpha value is -2.95. The van der Waals surface area contributed by atoms with Crippen LogP contribution in [0.5, 0.6) is 0 Å². The lowest BCUT2D eigenvalue weighted by molar-refractivity contribution is 0.0940. The van der Waals surface area contributed by atoms with E-state index in [1.54, 1.807) is 18.5 Å². The average Bonchev–Trinajstić information content (AvgIpc) is 2.61. The van der Waals surface area contributed by atoms with Gasteiger partial charge in [0.25, 0.3) is 11.5 Å². The molecule has 0 unspecified atom stereocenters. The number of hydrogen-bond acceptors (Lipinski definition) is 3. The summed E-state index contributed by atoms with van der Waals surface area (Å²) in [7, 11) is 0. The molecule has 5 nitrogen and oxygen atoms in total. The predicted octanol–water partition coefficient (Wildman–Crippen LogP) is 2.65. The van der Waals surface area contributed by atoms with E-state index in [1.807, 2.05) is 44.2 Å². The van der Waals surface area contributed by atoms with Crippen molar-refractivity contribution in [1.29, 1.82) is 0 Å². The van der Waals surface area contributed by atoms with Crippen LogP contribution in [0, 0.1) is 6.92 Å². The van der Waals surface area contributed by atoms with Crippen molar-refractivity contribution in [3.8, 4) is 0 Å². The van der Waals surface area contributed by atoms with Crippen molar-refractivity contribution < 1.29 is 4.79 Å². The third kappa shape index (κ3) is 3.06. The van der Waals surface area contributed by atoms with Crippen LogP contribution in [0.4, 0.5) is 0 Å². The number of nitrogens with one attached hydrogen (secondary N) is 1. The lowest BCUT2D eigenvalue weighted by Gasteiger charge is -2.13. The second-order valence-corrected chi connectivity index (χ2v) is 5.71. The molecule has 0 aliphatic carbocycles. The van der Waals surface area contributed by atoms with Crippen LogP contribution in [-0.4, -0.2) is 15.5 Å². The molecular formula is C19H19N3O2. The van der Waals surface area contributed by atoms with Crippen LogP contribution in [0.2, 0.25) is 0 Å². The van der Waals surface area contributed by atoms with Crippen LogP contribution in [0.1, 0.15) is 28.5 Å². The molecule has 5 heteroatoms. The van der Waals surface area contributed by atoms with Gasteiger partial charge in [-0.05, 0) is 43.0 Å². The first kappa shape index (κ1) is 15.9. The molecule has 0 atom stereocenters. The maximum Gasteiger partial charge on any atom is 0.268 e. The SMILES string of the molecule is CCn1c(C(=O)NCc2cccnc2)cc2ccc(C)cc2c1=O. The number of amides is 1. The Morgan fingerprint density at radius 1 is 1.25 bits per heavy atom. The predicted molar refractivity (Wildman–Crippen MR) is 94.0 cm³/mol. The maximum atomic E-state index is 12.7. The highest BCUT2D eigenvalue weighted by Crippen LogP contribution is 2.14. The summed E-state index contributed by atoms with van der Waals surface area (Å²) in [5, 5.41) is 4.27. The van der Waals surface area contributed by atoms with Crippen molar-refractivity contribution in [2.45, 2.75) is 26.9 Å². The number of nitrogens with zero attached hydrogens (tertiary/aromatic N) is 2. The largest absolute Gasteiger partial charge is 0.347 e. The van der Waals surface area contributed by atoms with E-state index in [9.17, 15) is 9.59 Å². The van der Waals surface area contributed by atoms with Gasteiger partial charge in [-0.2, -0.15) is 0 Å². The number of carbonyl (C=O) groups is 1. The molecule has 0 aliphatic heterocycles. The molecule has 1 aromatic carbocycles. The summed E-state index contributed by atoms with van der Waals surface area (Å²) < 4.78 is 1.51. The van der Waals surface area contributed by atoms with E-state index in [-0.39, 0.29) is 11.5 Å². The Bertz CT molecular complexity index is 946. The van der Waals surface area contributed by atoms with Crippen LogP contribution in [0.15, 0.2) is 53.6 Å². The quantitative estimate of drug-likeness (QED) is 0.803. The van der Waals surface area contributed by atoms with E-state index in [0.29, 0.717) is 24.2 Å². The van der Waals surface area contributed by atoms with Gasteiger partial charge in [-0.15, -0.1) is 0 Å². The van der Waals surface area contributed by atoms with Crippen LogP contribution >= 0.6 is 0 Å². The van der Waals surface area contributed by atoms with Gasteiger partial charge in [0, 0.05) is 30.9 Å². The van der Waals surface area contributed by atoms with Gasteiger partial charge in [0.15, 0.2) is 0 Å². The van der Waals surface area contributed by atoms with E-state index in [1.165, 1.54) is 4.57 Å². The van der Waals surface area contributed by atoms with Crippen molar-refractivity contribution >= 4 is 16.7 Å². The second-order valence-electron chi connectivity index (χ2n) is 5.71. The summed E-state index contributed by atoms with van der Waals surface area (Å²) in [5.41, 5.74) is 2.18. The minimum atomic E-state index is -0.264. The molecule has 1 amide bonds. The van der Waals surface area contributed by atoms with Crippen molar-refractivity contribution in [2.75, 3.05) is 0 Å². The molecule has 122 valence electrons. The number of fused-ring (bicyclic) bond motifs is 1. The summed E-state index contributed by atoms with van der Waals surface area (Å²) in [4.78, 5) is 29.3. The third-order valence-electron chi connectivity index (χ3n) is 3.99. The molecule has 0 saturated carbocycles. The Morgan fingerprint density at radius 3 is 2.79 bits per heavy atom. The number of hydrogen-bond donors (Lipinski definition) is 1. The highest BCUT2D eigenvalue weighted by Gasteiger charge is 2.14. The number of aromatic nitrogens is 2. The van der Waals surface area contributed by atoms with Gasteiger partial charge < -0.3 is 9.88 Å². The topological polar surface area (TPSA) is 64.0 Å². The molecule has 0 bridgehead atoms. The molecule has 24 heavy (non-hydrogen) atoms. The fourth-order valence-corrected chi connectivity index (χ4v) is 2.74. The van der Waals surface area contributed by atoms with Gasteiger partial charge in [0.2, 0.25) is 0 Å². The highest BCUT2D eigenvalue weighted by molar-refractivity contribution is 5.96. The zero-order chi connectivity index (χ0) is 17.1. The number of benzene rings is 1.